The van der Waals surface area contributed by atoms with Crippen molar-refractivity contribution in [2.24, 2.45) is 0 Å². The van der Waals surface area contributed by atoms with Crippen LogP contribution in [0, 0.1) is 37.0 Å². The van der Waals surface area contributed by atoms with Crippen LogP contribution >= 0.6 is 0 Å². The van der Waals surface area contributed by atoms with Crippen LogP contribution in [0.2, 0.25) is 0 Å². The maximum atomic E-state index is 13.8. The lowest BCUT2D eigenvalue weighted by Gasteiger charge is -2.16. The molecule has 4 aromatic rings. The lowest BCUT2D eigenvalue weighted by atomic mass is 10.0. The first-order valence-corrected chi connectivity index (χ1v) is 13.6. The van der Waals surface area contributed by atoms with Gasteiger partial charge in [0, 0.05) is 48.8 Å². The van der Waals surface area contributed by atoms with Crippen LogP contribution in [-0.2, 0) is 19.3 Å². The molecule has 0 aliphatic rings. The summed E-state index contributed by atoms with van der Waals surface area (Å²) in [4.78, 5) is 21.5. The van der Waals surface area contributed by atoms with Crippen molar-refractivity contribution >= 4 is 23.2 Å². The average Bonchev–Trinajstić information content (AvgIpc) is 3.34. The van der Waals surface area contributed by atoms with Gasteiger partial charge in [-0.25, -0.2) is 9.97 Å². The van der Waals surface area contributed by atoms with Gasteiger partial charge in [-0.3, -0.25) is 9.48 Å². The standard InChI is InChI=1S/C31H30F3N9O/c1-20-4-6-24(29(44)41-26-9-8-25(18-37-12-11-36-3)27(15-26)31(32,33)34)14-23(20)7-5-22-16-38-30(39-17-22)42-28-19-40-43(13-10-35)21(28)2/h4,6,8-9,14-17,19,36-37H,11-13,18H2,1-3H3,(H,41,44)(H,38,39,42). The number of alkyl halides is 3. The number of benzene rings is 2. The highest BCUT2D eigenvalue weighted by atomic mass is 19.4. The third kappa shape index (κ3) is 8.19. The number of aromatic nitrogens is 4. The maximum absolute atomic E-state index is 13.8. The predicted molar refractivity (Wildman–Crippen MR) is 160 cm³/mol. The van der Waals surface area contributed by atoms with Crippen LogP contribution in [0.25, 0.3) is 0 Å². The SMILES string of the molecule is CNCCNCc1ccc(NC(=O)c2ccc(C)c(C#Cc3cnc(Nc4cnn(CC#N)c4C)nc3)c2)cc1C(F)(F)F. The van der Waals surface area contributed by atoms with E-state index in [1.54, 1.807) is 48.5 Å². The van der Waals surface area contributed by atoms with Gasteiger partial charge in [0.2, 0.25) is 5.95 Å². The summed E-state index contributed by atoms with van der Waals surface area (Å²) in [6.07, 6.45) is 0.0966. The van der Waals surface area contributed by atoms with E-state index in [-0.39, 0.29) is 29.9 Å². The number of carbonyl (C=O) groups excluding carboxylic acids is 1. The Hall–Kier alpha value is -5.24. The summed E-state index contributed by atoms with van der Waals surface area (Å²) >= 11 is 0. The zero-order valence-electron chi connectivity index (χ0n) is 24.3. The molecule has 0 unspecified atom stereocenters. The number of rotatable bonds is 10. The molecule has 0 saturated carbocycles. The fourth-order valence-corrected chi connectivity index (χ4v) is 4.12. The fourth-order valence-electron chi connectivity index (χ4n) is 4.12. The van der Waals surface area contributed by atoms with Crippen molar-refractivity contribution in [3.05, 3.63) is 94.1 Å². The number of anilines is 3. The Labute approximate surface area is 252 Å². The maximum Gasteiger partial charge on any atom is 0.416 e. The average molecular weight is 602 g/mol. The van der Waals surface area contributed by atoms with Crippen LogP contribution in [0.5, 0.6) is 0 Å². The van der Waals surface area contributed by atoms with Gasteiger partial charge in [-0.1, -0.05) is 24.0 Å². The van der Waals surface area contributed by atoms with Crippen molar-refractivity contribution in [3.8, 4) is 17.9 Å². The van der Waals surface area contributed by atoms with Gasteiger partial charge in [0.1, 0.15) is 6.54 Å². The minimum absolute atomic E-state index is 0.0351. The van der Waals surface area contributed by atoms with Crippen molar-refractivity contribution in [1.29, 1.82) is 5.26 Å². The molecule has 10 nitrogen and oxygen atoms in total. The summed E-state index contributed by atoms with van der Waals surface area (Å²) in [5.41, 5.74) is 2.91. The number of hydrogen-bond donors (Lipinski definition) is 4. The van der Waals surface area contributed by atoms with Crippen molar-refractivity contribution in [2.75, 3.05) is 30.8 Å². The quantitative estimate of drug-likeness (QED) is 0.154. The predicted octanol–water partition coefficient (Wildman–Crippen LogP) is 4.54. The van der Waals surface area contributed by atoms with Gasteiger partial charge in [0.05, 0.1) is 34.8 Å². The highest BCUT2D eigenvalue weighted by Gasteiger charge is 2.33. The van der Waals surface area contributed by atoms with Crippen LogP contribution in [-0.4, -0.2) is 45.8 Å². The molecule has 2 aromatic carbocycles. The molecule has 4 N–H and O–H groups in total. The molecule has 0 spiro atoms. The number of nitrogens with zero attached hydrogens (tertiary/aromatic N) is 5. The molecular formula is C31H30F3N9O. The van der Waals surface area contributed by atoms with Gasteiger partial charge in [-0.2, -0.15) is 23.5 Å². The Morgan fingerprint density at radius 1 is 1.02 bits per heavy atom. The van der Waals surface area contributed by atoms with Crippen molar-refractivity contribution in [1.82, 2.24) is 30.4 Å². The molecule has 2 aromatic heterocycles. The molecule has 0 aliphatic carbocycles. The van der Waals surface area contributed by atoms with Crippen molar-refractivity contribution in [3.63, 3.8) is 0 Å². The Morgan fingerprint density at radius 3 is 2.50 bits per heavy atom. The molecule has 0 radical (unpaired) electrons. The summed E-state index contributed by atoms with van der Waals surface area (Å²) in [7, 11) is 1.76. The summed E-state index contributed by atoms with van der Waals surface area (Å²) in [6, 6.07) is 10.7. The number of halogens is 3. The van der Waals surface area contributed by atoms with E-state index in [9.17, 15) is 18.0 Å². The highest BCUT2D eigenvalue weighted by molar-refractivity contribution is 6.04. The lowest BCUT2D eigenvalue weighted by molar-refractivity contribution is -0.138. The number of nitrogens with one attached hydrogen (secondary N) is 4. The zero-order chi connectivity index (χ0) is 31.7. The molecular weight excluding hydrogens is 571 g/mol. The van der Waals surface area contributed by atoms with E-state index in [1.165, 1.54) is 12.1 Å². The summed E-state index contributed by atoms with van der Waals surface area (Å²) in [5.74, 6) is 5.76. The molecule has 2 heterocycles. The third-order valence-electron chi connectivity index (χ3n) is 6.60. The van der Waals surface area contributed by atoms with E-state index in [2.05, 4.69) is 48.2 Å². The first-order chi connectivity index (χ1) is 21.1. The minimum atomic E-state index is -4.58. The van der Waals surface area contributed by atoms with Crippen molar-refractivity contribution < 1.29 is 18.0 Å². The molecule has 0 saturated heterocycles. The normalized spacial score (nSPS) is 10.9. The van der Waals surface area contributed by atoms with Gasteiger partial charge >= 0.3 is 6.18 Å². The lowest BCUT2D eigenvalue weighted by Crippen LogP contribution is -2.25. The Morgan fingerprint density at radius 2 is 1.80 bits per heavy atom. The molecule has 4 rings (SSSR count). The van der Waals surface area contributed by atoms with E-state index >= 15 is 0 Å². The summed E-state index contributed by atoms with van der Waals surface area (Å²) in [5, 5.41) is 24.5. The number of aryl methyl sites for hydroxylation is 1. The summed E-state index contributed by atoms with van der Waals surface area (Å²) < 4.78 is 42.8. The summed E-state index contributed by atoms with van der Waals surface area (Å²) in [6.45, 7) is 4.97. The molecule has 0 bridgehead atoms. The van der Waals surface area contributed by atoms with Crippen molar-refractivity contribution in [2.45, 2.75) is 33.1 Å². The topological polar surface area (TPSA) is 133 Å². The number of amides is 1. The van der Waals surface area contributed by atoms with Gasteiger partial charge in [-0.15, -0.1) is 0 Å². The second-order valence-corrected chi connectivity index (χ2v) is 9.76. The van der Waals surface area contributed by atoms with Crippen LogP contribution < -0.4 is 21.3 Å². The second kappa shape index (κ2) is 14.3. The van der Waals surface area contributed by atoms with Gasteiger partial charge < -0.3 is 21.3 Å². The fraction of sp³-hybridized carbons (Fsp3) is 0.258. The molecule has 13 heteroatoms. The third-order valence-corrected chi connectivity index (χ3v) is 6.60. The molecule has 226 valence electrons. The first kappa shape index (κ1) is 31.7. The second-order valence-electron chi connectivity index (χ2n) is 9.76. The van der Waals surface area contributed by atoms with Gasteiger partial charge in [0.25, 0.3) is 5.91 Å². The van der Waals surface area contributed by atoms with Crippen LogP contribution in [0.3, 0.4) is 0 Å². The smallest absolute Gasteiger partial charge is 0.322 e. The van der Waals surface area contributed by atoms with Gasteiger partial charge in [-0.05, 0) is 56.3 Å². The van der Waals surface area contributed by atoms with Gasteiger partial charge in [0.15, 0.2) is 0 Å². The van der Waals surface area contributed by atoms with E-state index in [1.807, 2.05) is 19.9 Å². The van der Waals surface area contributed by atoms with Crippen LogP contribution in [0.15, 0.2) is 55.0 Å². The molecule has 44 heavy (non-hydrogen) atoms. The van der Waals surface area contributed by atoms with E-state index < -0.39 is 17.6 Å². The van der Waals surface area contributed by atoms with E-state index in [0.717, 1.165) is 17.3 Å². The Kier molecular flexibility index (Phi) is 10.3. The zero-order valence-corrected chi connectivity index (χ0v) is 24.3. The molecule has 0 fully saturated rings. The monoisotopic (exact) mass is 601 g/mol. The molecule has 1 amide bonds. The van der Waals surface area contributed by atoms with E-state index in [0.29, 0.717) is 35.9 Å². The molecule has 0 atom stereocenters. The number of hydrogen-bond acceptors (Lipinski definition) is 8. The first-order valence-electron chi connectivity index (χ1n) is 13.6. The molecule has 0 aliphatic heterocycles. The minimum Gasteiger partial charge on any atom is -0.322 e. The number of nitriles is 1. The number of likely N-dealkylation sites (N-methyl/N-ethyl adjacent to an activating group) is 1. The van der Waals surface area contributed by atoms with E-state index in [4.69, 9.17) is 5.26 Å². The largest absolute Gasteiger partial charge is 0.416 e. The van der Waals surface area contributed by atoms with Crippen LogP contribution in [0.4, 0.5) is 30.5 Å². The number of carbonyl (C=O) groups is 1. The van der Waals surface area contributed by atoms with Crippen LogP contribution in [0.1, 0.15) is 43.9 Å². The Bertz CT molecular complexity index is 1730. The highest BCUT2D eigenvalue weighted by Crippen LogP contribution is 2.34. The Balaban J connectivity index is 1.45.